The Morgan fingerprint density at radius 1 is 1.35 bits per heavy atom. The van der Waals surface area contributed by atoms with Crippen LogP contribution in [0.4, 0.5) is 4.39 Å². The maximum atomic E-state index is 12.9. The van der Waals surface area contributed by atoms with Crippen LogP contribution in [0.15, 0.2) is 18.2 Å². The van der Waals surface area contributed by atoms with Gasteiger partial charge in [-0.1, -0.05) is 11.6 Å². The molecule has 1 heterocycles. The van der Waals surface area contributed by atoms with Crippen molar-refractivity contribution in [2.24, 2.45) is 0 Å². The molecule has 1 N–H and O–H groups in total. The molecule has 114 valence electrons. The highest BCUT2D eigenvalue weighted by molar-refractivity contribution is 6.32. The molecule has 0 aromatic heterocycles. The summed E-state index contributed by atoms with van der Waals surface area (Å²) in [5.74, 6) is 0.196. The van der Waals surface area contributed by atoms with Gasteiger partial charge in [0.1, 0.15) is 18.2 Å². The molecule has 0 bridgehead atoms. The van der Waals surface area contributed by atoms with Gasteiger partial charge in [0, 0.05) is 31.7 Å². The van der Waals surface area contributed by atoms with Gasteiger partial charge in [-0.15, -0.1) is 12.4 Å². The molecule has 0 aliphatic carbocycles. The van der Waals surface area contributed by atoms with Crippen molar-refractivity contribution in [3.63, 3.8) is 0 Å². The van der Waals surface area contributed by atoms with E-state index in [1.165, 1.54) is 12.1 Å². The first kappa shape index (κ1) is 17.5. The van der Waals surface area contributed by atoms with Crippen LogP contribution in [0.2, 0.25) is 5.02 Å². The van der Waals surface area contributed by atoms with Crippen LogP contribution in [0, 0.1) is 5.82 Å². The Kier molecular flexibility index (Phi) is 7.03. The molecule has 1 aromatic carbocycles. The predicted molar refractivity (Wildman–Crippen MR) is 82.7 cm³/mol. The van der Waals surface area contributed by atoms with E-state index in [0.717, 1.165) is 19.6 Å². The molecular weight excluding hydrogens is 302 g/mol. The van der Waals surface area contributed by atoms with Gasteiger partial charge >= 0.3 is 0 Å². The molecular formula is C14H21Cl2FN2O. The molecule has 2 unspecified atom stereocenters. The zero-order valence-electron chi connectivity index (χ0n) is 11.7. The lowest BCUT2D eigenvalue weighted by Gasteiger charge is -2.35. The molecule has 2 rings (SSSR count). The lowest BCUT2D eigenvalue weighted by molar-refractivity contribution is 0.146. The summed E-state index contributed by atoms with van der Waals surface area (Å²) < 4.78 is 18.5. The van der Waals surface area contributed by atoms with Crippen LogP contribution < -0.4 is 10.1 Å². The smallest absolute Gasteiger partial charge is 0.138 e. The van der Waals surface area contributed by atoms with Gasteiger partial charge in [0.05, 0.1) is 5.02 Å². The van der Waals surface area contributed by atoms with Crippen molar-refractivity contribution in [2.45, 2.75) is 25.9 Å². The first-order valence-electron chi connectivity index (χ1n) is 6.61. The van der Waals surface area contributed by atoms with Crippen LogP contribution in [0.3, 0.4) is 0 Å². The Hall–Kier alpha value is -0.550. The van der Waals surface area contributed by atoms with Crippen molar-refractivity contribution in [2.75, 3.05) is 26.2 Å². The number of halogens is 3. The molecule has 2 atom stereocenters. The summed E-state index contributed by atoms with van der Waals surface area (Å²) in [4.78, 5) is 2.36. The summed E-state index contributed by atoms with van der Waals surface area (Å²) in [7, 11) is 0. The van der Waals surface area contributed by atoms with Crippen LogP contribution in [-0.4, -0.2) is 43.2 Å². The summed E-state index contributed by atoms with van der Waals surface area (Å²) >= 11 is 5.91. The first-order valence-corrected chi connectivity index (χ1v) is 6.98. The Balaban J connectivity index is 0.00000200. The maximum absolute atomic E-state index is 12.9. The van der Waals surface area contributed by atoms with Crippen LogP contribution in [-0.2, 0) is 0 Å². The van der Waals surface area contributed by atoms with Gasteiger partial charge in [-0.2, -0.15) is 0 Å². The summed E-state index contributed by atoms with van der Waals surface area (Å²) in [5, 5.41) is 3.81. The number of nitrogens with zero attached hydrogens (tertiary/aromatic N) is 1. The van der Waals surface area contributed by atoms with Crippen LogP contribution in [0.5, 0.6) is 5.75 Å². The summed E-state index contributed by atoms with van der Waals surface area (Å²) in [5.41, 5.74) is 0. The van der Waals surface area contributed by atoms with E-state index in [9.17, 15) is 4.39 Å². The summed E-state index contributed by atoms with van der Waals surface area (Å²) in [6, 6.07) is 5.19. The van der Waals surface area contributed by atoms with Crippen LogP contribution in [0.1, 0.15) is 13.8 Å². The second kappa shape index (κ2) is 8.03. The highest BCUT2D eigenvalue weighted by atomic mass is 35.5. The third-order valence-corrected chi connectivity index (χ3v) is 3.49. The lowest BCUT2D eigenvalue weighted by atomic mass is 10.1. The summed E-state index contributed by atoms with van der Waals surface area (Å²) in [6.45, 7) is 7.81. The number of nitrogens with one attached hydrogen (secondary N) is 1. The number of benzene rings is 1. The minimum atomic E-state index is -0.345. The Morgan fingerprint density at radius 2 is 2.00 bits per heavy atom. The van der Waals surface area contributed by atoms with Crippen molar-refractivity contribution in [3.05, 3.63) is 29.0 Å². The fourth-order valence-electron chi connectivity index (χ4n) is 2.50. The van der Waals surface area contributed by atoms with E-state index < -0.39 is 0 Å². The monoisotopic (exact) mass is 322 g/mol. The van der Waals surface area contributed by atoms with E-state index in [1.807, 2.05) is 0 Å². The van der Waals surface area contributed by atoms with Crippen molar-refractivity contribution in [3.8, 4) is 5.75 Å². The average Bonchev–Trinajstić information content (AvgIpc) is 2.30. The van der Waals surface area contributed by atoms with E-state index in [0.29, 0.717) is 29.5 Å². The largest absolute Gasteiger partial charge is 0.491 e. The molecule has 20 heavy (non-hydrogen) atoms. The summed E-state index contributed by atoms with van der Waals surface area (Å²) in [6.07, 6.45) is 0. The second-order valence-electron chi connectivity index (χ2n) is 5.15. The molecule has 1 fully saturated rings. The quantitative estimate of drug-likeness (QED) is 0.922. The van der Waals surface area contributed by atoms with Gasteiger partial charge in [0.15, 0.2) is 0 Å². The third-order valence-electron chi connectivity index (χ3n) is 3.19. The molecule has 0 amide bonds. The molecule has 0 radical (unpaired) electrons. The fraction of sp³-hybridized carbons (Fsp3) is 0.571. The minimum Gasteiger partial charge on any atom is -0.491 e. The van der Waals surface area contributed by atoms with Crippen molar-refractivity contribution in [1.29, 1.82) is 0 Å². The Morgan fingerprint density at radius 3 is 2.60 bits per heavy atom. The van der Waals surface area contributed by atoms with E-state index in [1.54, 1.807) is 6.07 Å². The molecule has 1 aliphatic heterocycles. The van der Waals surface area contributed by atoms with Gasteiger partial charge in [-0.05, 0) is 32.0 Å². The highest BCUT2D eigenvalue weighted by Crippen LogP contribution is 2.24. The van der Waals surface area contributed by atoms with Crippen molar-refractivity contribution < 1.29 is 9.13 Å². The SMILES string of the molecule is CC1CN(CCOc2ccc(F)cc2Cl)CC(C)N1.Cl. The van der Waals surface area contributed by atoms with Crippen molar-refractivity contribution >= 4 is 24.0 Å². The van der Waals surface area contributed by atoms with Crippen LogP contribution >= 0.6 is 24.0 Å². The zero-order chi connectivity index (χ0) is 13.8. The highest BCUT2D eigenvalue weighted by Gasteiger charge is 2.20. The molecule has 1 aromatic rings. The predicted octanol–water partition coefficient (Wildman–Crippen LogP) is 2.96. The second-order valence-corrected chi connectivity index (χ2v) is 5.56. The number of hydrogen-bond donors (Lipinski definition) is 1. The number of hydrogen-bond acceptors (Lipinski definition) is 3. The molecule has 0 saturated carbocycles. The Bertz CT molecular complexity index is 424. The molecule has 1 aliphatic rings. The normalized spacial score (nSPS) is 23.2. The number of rotatable bonds is 4. The molecule has 0 spiro atoms. The first-order chi connectivity index (χ1) is 9.04. The van der Waals surface area contributed by atoms with Gasteiger partial charge in [0.2, 0.25) is 0 Å². The van der Waals surface area contributed by atoms with E-state index >= 15 is 0 Å². The van der Waals surface area contributed by atoms with E-state index in [4.69, 9.17) is 16.3 Å². The lowest BCUT2D eigenvalue weighted by Crippen LogP contribution is -2.54. The topological polar surface area (TPSA) is 24.5 Å². The van der Waals surface area contributed by atoms with Crippen LogP contribution in [0.25, 0.3) is 0 Å². The van der Waals surface area contributed by atoms with E-state index in [2.05, 4.69) is 24.1 Å². The molecule has 1 saturated heterocycles. The minimum absolute atomic E-state index is 0. The number of ether oxygens (including phenoxy) is 1. The van der Waals surface area contributed by atoms with E-state index in [-0.39, 0.29) is 18.2 Å². The standard InChI is InChI=1S/C14H20ClFN2O.ClH/c1-10-8-18(9-11(2)17-10)5-6-19-14-4-3-12(16)7-13(14)15;/h3-4,7,10-11,17H,5-6,8-9H2,1-2H3;1H. The molecule has 3 nitrogen and oxygen atoms in total. The van der Waals surface area contributed by atoms with Gasteiger partial charge < -0.3 is 10.1 Å². The maximum Gasteiger partial charge on any atom is 0.138 e. The molecule has 6 heteroatoms. The fourth-order valence-corrected chi connectivity index (χ4v) is 2.72. The Labute approximate surface area is 130 Å². The van der Waals surface area contributed by atoms with Gasteiger partial charge in [-0.25, -0.2) is 4.39 Å². The number of piperazine rings is 1. The average molecular weight is 323 g/mol. The van der Waals surface area contributed by atoms with Gasteiger partial charge in [0.25, 0.3) is 0 Å². The van der Waals surface area contributed by atoms with Crippen molar-refractivity contribution in [1.82, 2.24) is 10.2 Å². The van der Waals surface area contributed by atoms with Gasteiger partial charge in [-0.3, -0.25) is 4.90 Å². The third kappa shape index (κ3) is 5.09. The zero-order valence-corrected chi connectivity index (χ0v) is 13.3.